The predicted molar refractivity (Wildman–Crippen MR) is 131 cm³/mol. The first-order valence-electron chi connectivity index (χ1n) is 10.5. The number of benzene rings is 2. The molecule has 0 aliphatic rings. The lowest BCUT2D eigenvalue weighted by atomic mass is 10.2. The highest BCUT2D eigenvalue weighted by atomic mass is 32.2. The Balaban J connectivity index is 1.24. The fraction of sp³-hybridized carbons (Fsp3) is 0.261. The van der Waals surface area contributed by atoms with E-state index in [4.69, 9.17) is 14.0 Å². The van der Waals surface area contributed by atoms with Gasteiger partial charge in [-0.25, -0.2) is 0 Å². The second-order valence-electron chi connectivity index (χ2n) is 7.09. The Bertz CT molecular complexity index is 1230. The van der Waals surface area contributed by atoms with E-state index in [0.717, 1.165) is 22.1 Å². The van der Waals surface area contributed by atoms with Crippen LogP contribution in [0.3, 0.4) is 0 Å². The summed E-state index contributed by atoms with van der Waals surface area (Å²) in [4.78, 5) is 16.7. The molecule has 1 amide bonds. The van der Waals surface area contributed by atoms with Crippen molar-refractivity contribution in [2.24, 2.45) is 0 Å². The maximum Gasteiger partial charge on any atom is 0.227 e. The smallest absolute Gasteiger partial charge is 0.227 e. The molecule has 0 atom stereocenters. The predicted octanol–water partition coefficient (Wildman–Crippen LogP) is 4.51. The number of hydrogen-bond acceptors (Lipinski definition) is 10. The largest absolute Gasteiger partial charge is 0.493 e. The van der Waals surface area contributed by atoms with Crippen molar-refractivity contribution in [3.05, 3.63) is 60.0 Å². The quantitative estimate of drug-likeness (QED) is 0.236. The molecule has 0 aliphatic carbocycles. The van der Waals surface area contributed by atoms with Gasteiger partial charge in [-0.2, -0.15) is 4.98 Å². The minimum Gasteiger partial charge on any atom is -0.493 e. The third-order valence-corrected chi connectivity index (χ3v) is 6.76. The van der Waals surface area contributed by atoms with Gasteiger partial charge in [0.1, 0.15) is 0 Å². The van der Waals surface area contributed by atoms with Gasteiger partial charge in [0.15, 0.2) is 15.8 Å². The SMILES string of the molecule is COc1ccc(-c2noc(CCC(=O)Nc3nnc(SCCc4ccccc4)s3)n2)cc1OC. The average Bonchev–Trinajstić information content (AvgIpc) is 3.52. The van der Waals surface area contributed by atoms with Crippen LogP contribution in [0.15, 0.2) is 57.4 Å². The van der Waals surface area contributed by atoms with E-state index in [2.05, 4.69) is 37.8 Å². The number of amides is 1. The van der Waals surface area contributed by atoms with Gasteiger partial charge >= 0.3 is 0 Å². The lowest BCUT2D eigenvalue weighted by Gasteiger charge is -2.07. The Morgan fingerprint density at radius 1 is 1.06 bits per heavy atom. The van der Waals surface area contributed by atoms with Crippen LogP contribution in [0.25, 0.3) is 11.4 Å². The van der Waals surface area contributed by atoms with E-state index < -0.39 is 0 Å². The number of rotatable bonds is 11. The van der Waals surface area contributed by atoms with Gasteiger partial charge in [-0.3, -0.25) is 4.79 Å². The van der Waals surface area contributed by atoms with Gasteiger partial charge in [0.05, 0.1) is 14.2 Å². The maximum atomic E-state index is 12.3. The summed E-state index contributed by atoms with van der Waals surface area (Å²) in [7, 11) is 3.13. The van der Waals surface area contributed by atoms with Gasteiger partial charge in [0.2, 0.25) is 22.8 Å². The molecule has 0 saturated carbocycles. The molecule has 0 aliphatic heterocycles. The Morgan fingerprint density at radius 3 is 2.68 bits per heavy atom. The highest BCUT2D eigenvalue weighted by Crippen LogP contribution is 2.31. The summed E-state index contributed by atoms with van der Waals surface area (Å²) in [5, 5.41) is 15.4. The molecule has 34 heavy (non-hydrogen) atoms. The van der Waals surface area contributed by atoms with E-state index in [-0.39, 0.29) is 12.3 Å². The highest BCUT2D eigenvalue weighted by molar-refractivity contribution is 8.01. The first-order valence-corrected chi connectivity index (χ1v) is 12.3. The standard InChI is InChI=1S/C23H23N5O4S2/c1-30-17-9-8-16(14-18(17)31-2)21-25-20(32-28-21)11-10-19(29)24-22-26-27-23(34-22)33-13-12-15-6-4-3-5-7-15/h3-9,14H,10-13H2,1-2H3,(H,24,26,29). The molecule has 2 aromatic carbocycles. The molecule has 0 fully saturated rings. The summed E-state index contributed by atoms with van der Waals surface area (Å²) < 4.78 is 16.7. The van der Waals surface area contributed by atoms with E-state index in [1.54, 1.807) is 38.1 Å². The number of thioether (sulfide) groups is 1. The Labute approximate surface area is 204 Å². The molecule has 1 N–H and O–H groups in total. The Hall–Kier alpha value is -3.44. The third kappa shape index (κ3) is 6.33. The molecule has 2 aromatic heterocycles. The van der Waals surface area contributed by atoms with Crippen LogP contribution in [-0.4, -0.2) is 46.2 Å². The van der Waals surface area contributed by atoms with Gasteiger partial charge < -0.3 is 19.3 Å². The Morgan fingerprint density at radius 2 is 1.88 bits per heavy atom. The summed E-state index contributed by atoms with van der Waals surface area (Å²) in [6.45, 7) is 0. The number of carbonyl (C=O) groups is 1. The van der Waals surface area contributed by atoms with Gasteiger partial charge in [-0.05, 0) is 30.2 Å². The molecule has 0 unspecified atom stereocenters. The zero-order chi connectivity index (χ0) is 23.8. The fourth-order valence-corrected chi connectivity index (χ4v) is 4.90. The Kier molecular flexibility index (Phi) is 8.10. The highest BCUT2D eigenvalue weighted by Gasteiger charge is 2.14. The van der Waals surface area contributed by atoms with Crippen LogP contribution in [0.5, 0.6) is 11.5 Å². The number of anilines is 1. The van der Waals surface area contributed by atoms with Crippen molar-refractivity contribution in [2.45, 2.75) is 23.6 Å². The molecule has 0 saturated heterocycles. The van der Waals surface area contributed by atoms with Crippen LogP contribution in [0, 0.1) is 0 Å². The van der Waals surface area contributed by atoms with E-state index in [0.29, 0.717) is 34.8 Å². The average molecular weight is 498 g/mol. The zero-order valence-electron chi connectivity index (χ0n) is 18.7. The first-order chi connectivity index (χ1) is 16.6. The number of aromatic nitrogens is 4. The summed E-state index contributed by atoms with van der Waals surface area (Å²) in [5.41, 5.74) is 2.01. The molecular weight excluding hydrogens is 474 g/mol. The molecule has 9 nitrogen and oxygen atoms in total. The zero-order valence-corrected chi connectivity index (χ0v) is 20.3. The molecule has 0 bridgehead atoms. The lowest BCUT2D eigenvalue weighted by molar-refractivity contribution is -0.116. The minimum atomic E-state index is -0.192. The second-order valence-corrected chi connectivity index (χ2v) is 9.41. The van der Waals surface area contributed by atoms with Crippen LogP contribution in [-0.2, 0) is 17.6 Å². The number of hydrogen-bond donors (Lipinski definition) is 1. The van der Waals surface area contributed by atoms with Crippen molar-refractivity contribution in [3.8, 4) is 22.9 Å². The number of carbonyl (C=O) groups excluding carboxylic acids is 1. The van der Waals surface area contributed by atoms with Crippen molar-refractivity contribution in [2.75, 3.05) is 25.3 Å². The topological polar surface area (TPSA) is 112 Å². The van der Waals surface area contributed by atoms with Gasteiger partial charge in [-0.15, -0.1) is 10.2 Å². The molecule has 4 rings (SSSR count). The lowest BCUT2D eigenvalue weighted by Crippen LogP contribution is -2.12. The van der Waals surface area contributed by atoms with E-state index in [9.17, 15) is 4.79 Å². The molecule has 11 heteroatoms. The van der Waals surface area contributed by atoms with Crippen molar-refractivity contribution < 1.29 is 18.8 Å². The summed E-state index contributed by atoms with van der Waals surface area (Å²) >= 11 is 2.98. The molecule has 0 radical (unpaired) electrons. The normalized spacial score (nSPS) is 10.8. The van der Waals surface area contributed by atoms with Crippen LogP contribution in [0.2, 0.25) is 0 Å². The first kappa shape index (κ1) is 23.7. The molecule has 2 heterocycles. The number of methoxy groups -OCH3 is 2. The number of ether oxygens (including phenoxy) is 2. The van der Waals surface area contributed by atoms with Crippen molar-refractivity contribution in [1.82, 2.24) is 20.3 Å². The summed E-state index contributed by atoms with van der Waals surface area (Å²) in [5.74, 6) is 2.67. The second kappa shape index (κ2) is 11.6. The van der Waals surface area contributed by atoms with Crippen molar-refractivity contribution in [1.29, 1.82) is 0 Å². The minimum absolute atomic E-state index is 0.184. The number of aryl methyl sites for hydroxylation is 2. The summed E-state index contributed by atoms with van der Waals surface area (Å²) in [6.07, 6.45) is 1.44. The van der Waals surface area contributed by atoms with E-state index in [1.165, 1.54) is 16.9 Å². The molecular formula is C23H23N5O4S2. The monoisotopic (exact) mass is 497 g/mol. The maximum absolute atomic E-state index is 12.3. The number of nitrogens with zero attached hydrogens (tertiary/aromatic N) is 4. The molecule has 176 valence electrons. The van der Waals surface area contributed by atoms with Gasteiger partial charge in [-0.1, -0.05) is 58.6 Å². The van der Waals surface area contributed by atoms with Crippen LogP contribution in [0.1, 0.15) is 17.9 Å². The van der Waals surface area contributed by atoms with Crippen LogP contribution < -0.4 is 14.8 Å². The van der Waals surface area contributed by atoms with Gasteiger partial charge in [0.25, 0.3) is 0 Å². The number of nitrogens with one attached hydrogen (secondary N) is 1. The van der Waals surface area contributed by atoms with Crippen molar-refractivity contribution >= 4 is 34.1 Å². The third-order valence-electron chi connectivity index (χ3n) is 4.79. The van der Waals surface area contributed by atoms with Crippen LogP contribution in [0.4, 0.5) is 5.13 Å². The van der Waals surface area contributed by atoms with Crippen molar-refractivity contribution in [3.63, 3.8) is 0 Å². The fourth-order valence-electron chi connectivity index (χ4n) is 3.07. The van der Waals surface area contributed by atoms with Gasteiger partial charge in [0, 0.05) is 24.2 Å². The van der Waals surface area contributed by atoms with Crippen LogP contribution >= 0.6 is 23.1 Å². The van der Waals surface area contributed by atoms with E-state index >= 15 is 0 Å². The molecule has 4 aromatic rings. The molecule has 0 spiro atoms. The van der Waals surface area contributed by atoms with E-state index in [1.807, 2.05) is 24.3 Å². The summed E-state index contributed by atoms with van der Waals surface area (Å²) in [6, 6.07) is 15.6.